The zero-order chi connectivity index (χ0) is 25.2. The molecule has 0 spiro atoms. The van der Waals surface area contributed by atoms with Crippen LogP contribution in [0.2, 0.25) is 0 Å². The van der Waals surface area contributed by atoms with Gasteiger partial charge in [0, 0.05) is 19.0 Å². The number of aliphatic hydroxyl groups excluding tert-OH is 1. The zero-order valence-electron chi connectivity index (χ0n) is 19.9. The van der Waals surface area contributed by atoms with Crippen molar-refractivity contribution in [3.63, 3.8) is 0 Å². The molecule has 1 amide bonds. The number of carbonyl (C=O) groups excluding carboxylic acids is 2. The standard InChI is InChI=1S/C25H27N5O6/c1-35-22-8-5-18-25(28-22)30(24(34)11-26-18)13-16(31)4-2-3-15-9-23(33)29(12-15)21-7-6-20-19(27-21)10-17(32)14-36-20/h5-8,11,15-16,31H,2-4,9-10,12-14H2,1H3/t15-,16-/m0/s1. The van der Waals surface area contributed by atoms with Crippen LogP contribution in [0.25, 0.3) is 11.2 Å². The van der Waals surface area contributed by atoms with Gasteiger partial charge in [-0.1, -0.05) is 6.42 Å². The van der Waals surface area contributed by atoms with Crippen molar-refractivity contribution < 1.29 is 24.2 Å². The molecule has 0 bridgehead atoms. The summed E-state index contributed by atoms with van der Waals surface area (Å²) in [6, 6.07) is 6.89. The van der Waals surface area contributed by atoms with E-state index < -0.39 is 6.10 Å². The van der Waals surface area contributed by atoms with Crippen LogP contribution in [0.15, 0.2) is 35.3 Å². The summed E-state index contributed by atoms with van der Waals surface area (Å²) in [7, 11) is 1.49. The van der Waals surface area contributed by atoms with Gasteiger partial charge in [0.1, 0.15) is 23.7 Å². The van der Waals surface area contributed by atoms with Crippen LogP contribution >= 0.6 is 0 Å². The Bertz CT molecular complexity index is 1370. The lowest BCUT2D eigenvalue weighted by Gasteiger charge is -2.20. The first-order valence-electron chi connectivity index (χ1n) is 11.9. The van der Waals surface area contributed by atoms with E-state index >= 15 is 0 Å². The van der Waals surface area contributed by atoms with Crippen molar-refractivity contribution in [1.29, 1.82) is 0 Å². The van der Waals surface area contributed by atoms with Gasteiger partial charge in [0.15, 0.2) is 11.4 Å². The van der Waals surface area contributed by atoms with Gasteiger partial charge in [0.2, 0.25) is 11.8 Å². The van der Waals surface area contributed by atoms with Crippen molar-refractivity contribution in [2.45, 2.75) is 44.8 Å². The quantitative estimate of drug-likeness (QED) is 0.492. The maximum atomic E-state index is 12.6. The fourth-order valence-electron chi connectivity index (χ4n) is 4.73. The van der Waals surface area contributed by atoms with Crippen molar-refractivity contribution in [2.24, 2.45) is 5.92 Å². The lowest BCUT2D eigenvalue weighted by Crippen LogP contribution is -2.28. The monoisotopic (exact) mass is 493 g/mol. The number of nitrogens with zero attached hydrogens (tertiary/aromatic N) is 5. The van der Waals surface area contributed by atoms with Crippen LogP contribution in [0.5, 0.6) is 11.6 Å². The van der Waals surface area contributed by atoms with E-state index in [9.17, 15) is 19.5 Å². The lowest BCUT2D eigenvalue weighted by molar-refractivity contribution is -0.121. The Morgan fingerprint density at radius 1 is 1.19 bits per heavy atom. The van der Waals surface area contributed by atoms with Gasteiger partial charge in [0.25, 0.3) is 5.56 Å². The van der Waals surface area contributed by atoms with Gasteiger partial charge in [-0.25, -0.2) is 9.97 Å². The van der Waals surface area contributed by atoms with Crippen molar-refractivity contribution >= 4 is 28.7 Å². The van der Waals surface area contributed by atoms with E-state index in [-0.39, 0.29) is 42.7 Å². The second-order valence-electron chi connectivity index (χ2n) is 9.18. The average Bonchev–Trinajstić information content (AvgIpc) is 3.25. The summed E-state index contributed by atoms with van der Waals surface area (Å²) in [5, 5.41) is 10.6. The Labute approximate surface area is 206 Å². The molecule has 2 aliphatic rings. The summed E-state index contributed by atoms with van der Waals surface area (Å²) in [4.78, 5) is 51.3. The first kappa shape index (κ1) is 23.9. The number of pyridine rings is 2. The van der Waals surface area contributed by atoms with E-state index in [4.69, 9.17) is 9.47 Å². The molecule has 11 heteroatoms. The number of rotatable bonds is 8. The number of Topliss-reactive ketones (excluding diaryl/α,β-unsaturated/α-hetero) is 1. The molecule has 1 saturated heterocycles. The van der Waals surface area contributed by atoms with E-state index in [1.54, 1.807) is 29.2 Å². The van der Waals surface area contributed by atoms with Crippen LogP contribution in [-0.2, 0) is 22.6 Å². The fraction of sp³-hybridized carbons (Fsp3) is 0.440. The van der Waals surface area contributed by atoms with Gasteiger partial charge in [-0.2, -0.15) is 4.98 Å². The average molecular weight is 494 g/mol. The highest BCUT2D eigenvalue weighted by Gasteiger charge is 2.32. The predicted octanol–water partition coefficient (Wildman–Crippen LogP) is 1.28. The van der Waals surface area contributed by atoms with Gasteiger partial charge in [-0.05, 0) is 37.0 Å². The topological polar surface area (TPSA) is 137 Å². The molecular formula is C25H27N5O6. The second kappa shape index (κ2) is 10.0. The minimum Gasteiger partial charge on any atom is -0.484 e. The number of amides is 1. The van der Waals surface area contributed by atoms with Crippen molar-refractivity contribution in [3.05, 3.63) is 46.5 Å². The Kier molecular flexibility index (Phi) is 6.64. The van der Waals surface area contributed by atoms with Crippen LogP contribution in [0.3, 0.4) is 0 Å². The second-order valence-corrected chi connectivity index (χ2v) is 9.18. The van der Waals surface area contributed by atoms with E-state index in [0.717, 1.165) is 6.42 Å². The minimum absolute atomic E-state index is 0.00844. The highest BCUT2D eigenvalue weighted by molar-refractivity contribution is 5.95. The van der Waals surface area contributed by atoms with E-state index in [1.165, 1.54) is 17.9 Å². The van der Waals surface area contributed by atoms with Crippen molar-refractivity contribution in [1.82, 2.24) is 19.5 Å². The molecule has 0 aliphatic carbocycles. The smallest absolute Gasteiger partial charge is 0.270 e. The molecule has 11 nitrogen and oxygen atoms in total. The number of hydrogen-bond donors (Lipinski definition) is 1. The van der Waals surface area contributed by atoms with Crippen LogP contribution in [-0.4, -0.2) is 62.7 Å². The Morgan fingerprint density at radius 2 is 2.06 bits per heavy atom. The molecule has 2 aliphatic heterocycles. The van der Waals surface area contributed by atoms with Crippen LogP contribution in [0, 0.1) is 5.92 Å². The SMILES string of the molecule is COc1ccc2ncc(=O)n(C[C@@H](O)CCC[C@H]3CC(=O)N(c4ccc5c(n4)CC(=O)CO5)C3)c2n1. The summed E-state index contributed by atoms with van der Waals surface area (Å²) in [6.07, 6.45) is 3.01. The Morgan fingerprint density at radius 3 is 2.89 bits per heavy atom. The number of ether oxygens (including phenoxy) is 2. The van der Waals surface area contributed by atoms with Gasteiger partial charge in [-0.15, -0.1) is 0 Å². The molecule has 188 valence electrons. The maximum absolute atomic E-state index is 12.6. The van der Waals surface area contributed by atoms with Gasteiger partial charge in [0.05, 0.1) is 38.1 Å². The molecule has 0 saturated carbocycles. The van der Waals surface area contributed by atoms with Crippen LogP contribution in [0.4, 0.5) is 5.82 Å². The number of aromatic nitrogens is 4. The Balaban J connectivity index is 1.17. The summed E-state index contributed by atoms with van der Waals surface area (Å²) in [6.45, 7) is 0.683. The third kappa shape index (κ3) is 4.92. The van der Waals surface area contributed by atoms with Crippen molar-refractivity contribution in [2.75, 3.05) is 25.2 Å². The largest absolute Gasteiger partial charge is 0.484 e. The molecule has 1 N–H and O–H groups in total. The predicted molar refractivity (Wildman–Crippen MR) is 129 cm³/mol. The molecule has 3 aromatic rings. The van der Waals surface area contributed by atoms with Gasteiger partial charge < -0.3 is 14.6 Å². The summed E-state index contributed by atoms with van der Waals surface area (Å²) >= 11 is 0. The third-order valence-corrected chi connectivity index (χ3v) is 6.57. The Hall–Kier alpha value is -3.86. The van der Waals surface area contributed by atoms with E-state index in [1.807, 2.05) is 0 Å². The number of ketones is 1. The number of aliphatic hydroxyl groups is 1. The summed E-state index contributed by atoms with van der Waals surface area (Å²) < 4.78 is 11.9. The van der Waals surface area contributed by atoms with Gasteiger partial charge in [-0.3, -0.25) is 23.9 Å². The number of fused-ring (bicyclic) bond motifs is 2. The van der Waals surface area contributed by atoms with E-state index in [0.29, 0.717) is 60.1 Å². The molecule has 0 unspecified atom stereocenters. The van der Waals surface area contributed by atoms with Crippen LogP contribution in [0.1, 0.15) is 31.4 Å². The molecule has 5 rings (SSSR count). The first-order valence-corrected chi connectivity index (χ1v) is 11.9. The normalized spacial score (nSPS) is 18.3. The molecule has 36 heavy (non-hydrogen) atoms. The van der Waals surface area contributed by atoms with Crippen LogP contribution < -0.4 is 19.9 Å². The number of carbonyl (C=O) groups is 2. The fourth-order valence-corrected chi connectivity index (χ4v) is 4.73. The van der Waals surface area contributed by atoms with E-state index in [2.05, 4.69) is 15.0 Å². The molecule has 2 atom stereocenters. The van der Waals surface area contributed by atoms with Gasteiger partial charge >= 0.3 is 0 Å². The highest BCUT2D eigenvalue weighted by Crippen LogP contribution is 2.30. The number of hydrogen-bond acceptors (Lipinski definition) is 9. The maximum Gasteiger partial charge on any atom is 0.270 e. The lowest BCUT2D eigenvalue weighted by atomic mass is 9.99. The minimum atomic E-state index is -0.755. The molecular weight excluding hydrogens is 466 g/mol. The number of anilines is 1. The van der Waals surface area contributed by atoms with Crippen molar-refractivity contribution in [3.8, 4) is 11.6 Å². The number of methoxy groups -OCH3 is 1. The highest BCUT2D eigenvalue weighted by atomic mass is 16.5. The molecule has 1 fully saturated rings. The summed E-state index contributed by atoms with van der Waals surface area (Å²) in [5.74, 6) is 1.58. The molecule has 5 heterocycles. The molecule has 0 aromatic carbocycles. The zero-order valence-corrected chi connectivity index (χ0v) is 19.9. The third-order valence-electron chi connectivity index (χ3n) is 6.57. The first-order chi connectivity index (χ1) is 17.4. The molecule has 0 radical (unpaired) electrons. The summed E-state index contributed by atoms with van der Waals surface area (Å²) in [5.41, 5.74) is 1.12. The molecule has 3 aromatic heterocycles.